The number of nitrogens with zero attached hydrogens (tertiary/aromatic N) is 3. The topological polar surface area (TPSA) is 101 Å². The highest BCUT2D eigenvalue weighted by Crippen LogP contribution is 2.23. The van der Waals surface area contributed by atoms with Crippen molar-refractivity contribution in [1.82, 2.24) is 9.21 Å². The molecule has 0 radical (unpaired) electrons. The molecule has 0 aromatic heterocycles. The standard InChI is InChI=1S/C17H21N3O5S/c21-17(13-14-3-1-2-4-14)18-9-11-19(12-10-18)26(24,25)16-7-5-15(6-8-16)20(22)23/h1,3,5-8,14H,2,4,9-13H2/t14-/m1/s1. The van der Waals surface area contributed by atoms with E-state index in [1.54, 1.807) is 4.90 Å². The number of sulfonamides is 1. The molecule has 1 saturated heterocycles. The van der Waals surface area contributed by atoms with Gasteiger partial charge in [-0.2, -0.15) is 4.31 Å². The van der Waals surface area contributed by atoms with Crippen LogP contribution in [0.5, 0.6) is 0 Å². The van der Waals surface area contributed by atoms with E-state index in [2.05, 4.69) is 12.2 Å². The van der Waals surface area contributed by atoms with Gasteiger partial charge in [0.1, 0.15) is 0 Å². The molecule has 0 unspecified atom stereocenters. The second-order valence-electron chi connectivity index (χ2n) is 6.51. The summed E-state index contributed by atoms with van der Waals surface area (Å²) in [6.07, 6.45) is 6.66. The van der Waals surface area contributed by atoms with Gasteiger partial charge < -0.3 is 4.90 Å². The molecule has 0 N–H and O–H groups in total. The third kappa shape index (κ3) is 3.94. The quantitative estimate of drug-likeness (QED) is 0.441. The Morgan fingerprint density at radius 3 is 2.35 bits per heavy atom. The van der Waals surface area contributed by atoms with Crippen LogP contribution in [0.4, 0.5) is 5.69 Å². The van der Waals surface area contributed by atoms with Crippen molar-refractivity contribution in [2.45, 2.75) is 24.2 Å². The number of non-ortho nitro benzene ring substituents is 1. The Labute approximate surface area is 152 Å². The first-order chi connectivity index (χ1) is 12.4. The average molecular weight is 379 g/mol. The maximum Gasteiger partial charge on any atom is 0.269 e. The Bertz CT molecular complexity index is 811. The number of carbonyl (C=O) groups is 1. The fourth-order valence-electron chi connectivity index (χ4n) is 3.29. The lowest BCUT2D eigenvalue weighted by molar-refractivity contribution is -0.384. The Kier molecular flexibility index (Phi) is 5.38. The molecular weight excluding hydrogens is 358 g/mol. The lowest BCUT2D eigenvalue weighted by Gasteiger charge is -2.34. The highest BCUT2D eigenvalue weighted by molar-refractivity contribution is 7.89. The first kappa shape index (κ1) is 18.5. The lowest BCUT2D eigenvalue weighted by atomic mass is 10.0. The van der Waals surface area contributed by atoms with Gasteiger partial charge in [-0.3, -0.25) is 14.9 Å². The summed E-state index contributed by atoms with van der Waals surface area (Å²) in [6.45, 7) is 1.18. The van der Waals surface area contributed by atoms with E-state index in [-0.39, 0.29) is 29.6 Å². The molecule has 0 spiro atoms. The number of amides is 1. The SMILES string of the molecule is O=C(C[C@@H]1C=CCC1)N1CCN(S(=O)(=O)c2ccc([N+](=O)[O-])cc2)CC1. The minimum absolute atomic E-state index is 0.0268. The minimum atomic E-state index is -3.71. The van der Waals surface area contributed by atoms with Crippen LogP contribution >= 0.6 is 0 Å². The largest absolute Gasteiger partial charge is 0.340 e. The zero-order valence-corrected chi connectivity index (χ0v) is 15.1. The molecule has 1 fully saturated rings. The van der Waals surface area contributed by atoms with Crippen LogP contribution in [0.15, 0.2) is 41.3 Å². The molecular formula is C17H21N3O5S. The van der Waals surface area contributed by atoms with Gasteiger partial charge >= 0.3 is 0 Å². The predicted octanol–water partition coefficient (Wildman–Crippen LogP) is 1.78. The fourth-order valence-corrected chi connectivity index (χ4v) is 4.71. The van der Waals surface area contributed by atoms with Crippen molar-refractivity contribution >= 4 is 21.6 Å². The van der Waals surface area contributed by atoms with Crippen molar-refractivity contribution in [3.05, 3.63) is 46.5 Å². The lowest BCUT2D eigenvalue weighted by Crippen LogP contribution is -2.50. The van der Waals surface area contributed by atoms with E-state index < -0.39 is 14.9 Å². The van der Waals surface area contributed by atoms with Crippen LogP contribution in [0.2, 0.25) is 0 Å². The number of piperazine rings is 1. The van der Waals surface area contributed by atoms with Crippen molar-refractivity contribution in [2.75, 3.05) is 26.2 Å². The van der Waals surface area contributed by atoms with E-state index in [9.17, 15) is 23.3 Å². The second kappa shape index (κ2) is 7.55. The molecule has 9 heteroatoms. The van der Waals surface area contributed by atoms with Gasteiger partial charge in [0, 0.05) is 44.7 Å². The van der Waals surface area contributed by atoms with Gasteiger partial charge in [0.15, 0.2) is 0 Å². The van der Waals surface area contributed by atoms with Gasteiger partial charge in [-0.1, -0.05) is 12.2 Å². The summed E-state index contributed by atoms with van der Waals surface area (Å²) in [5.74, 6) is 0.360. The molecule has 1 aromatic rings. The number of hydrogen-bond acceptors (Lipinski definition) is 5. The summed E-state index contributed by atoms with van der Waals surface area (Å²) >= 11 is 0. The third-order valence-electron chi connectivity index (χ3n) is 4.83. The van der Waals surface area contributed by atoms with Crippen LogP contribution in [0.25, 0.3) is 0 Å². The Balaban J connectivity index is 1.60. The molecule has 3 rings (SSSR count). The molecule has 0 saturated carbocycles. The molecule has 1 aliphatic heterocycles. The first-order valence-electron chi connectivity index (χ1n) is 8.57. The van der Waals surface area contributed by atoms with Gasteiger partial charge in [-0.25, -0.2) is 8.42 Å². The van der Waals surface area contributed by atoms with Crippen molar-refractivity contribution in [2.24, 2.45) is 5.92 Å². The number of nitro benzene ring substituents is 1. The summed E-state index contributed by atoms with van der Waals surface area (Å²) in [5, 5.41) is 10.7. The van der Waals surface area contributed by atoms with E-state index >= 15 is 0 Å². The monoisotopic (exact) mass is 379 g/mol. The molecule has 8 nitrogen and oxygen atoms in total. The number of hydrogen-bond donors (Lipinski definition) is 0. The molecule has 1 atom stereocenters. The summed E-state index contributed by atoms with van der Waals surface area (Å²) in [4.78, 5) is 24.2. The molecule has 140 valence electrons. The zero-order chi connectivity index (χ0) is 18.7. The number of allylic oxidation sites excluding steroid dienone is 2. The van der Waals surface area contributed by atoms with Gasteiger partial charge in [-0.05, 0) is 30.9 Å². The van der Waals surface area contributed by atoms with Crippen molar-refractivity contribution in [3.63, 3.8) is 0 Å². The van der Waals surface area contributed by atoms with Crippen molar-refractivity contribution in [3.8, 4) is 0 Å². The molecule has 1 aliphatic carbocycles. The molecule has 1 amide bonds. The maximum absolute atomic E-state index is 12.7. The summed E-state index contributed by atoms with van der Waals surface area (Å²) < 4.78 is 26.7. The van der Waals surface area contributed by atoms with E-state index in [1.807, 2.05) is 0 Å². The van der Waals surface area contributed by atoms with E-state index in [0.717, 1.165) is 12.8 Å². The van der Waals surface area contributed by atoms with E-state index in [0.29, 0.717) is 25.4 Å². The van der Waals surface area contributed by atoms with Gasteiger partial charge in [0.2, 0.25) is 15.9 Å². The molecule has 0 bridgehead atoms. The smallest absolute Gasteiger partial charge is 0.269 e. The molecule has 26 heavy (non-hydrogen) atoms. The highest BCUT2D eigenvalue weighted by atomic mass is 32.2. The number of benzene rings is 1. The normalized spacial score (nSPS) is 21.1. The van der Waals surface area contributed by atoms with Gasteiger partial charge in [0.25, 0.3) is 5.69 Å². The maximum atomic E-state index is 12.7. The van der Waals surface area contributed by atoms with E-state index in [1.165, 1.54) is 28.6 Å². The van der Waals surface area contributed by atoms with Crippen LogP contribution in [0, 0.1) is 16.0 Å². The summed E-state index contributed by atoms with van der Waals surface area (Å²) in [6, 6.07) is 4.86. The molecule has 1 aromatic carbocycles. The first-order valence-corrected chi connectivity index (χ1v) is 10.0. The third-order valence-corrected chi connectivity index (χ3v) is 6.74. The Morgan fingerprint density at radius 2 is 1.81 bits per heavy atom. The summed E-state index contributed by atoms with van der Waals surface area (Å²) in [5.41, 5.74) is -0.152. The van der Waals surface area contributed by atoms with Crippen molar-refractivity contribution < 1.29 is 18.1 Å². The van der Waals surface area contributed by atoms with Crippen LogP contribution in [0.3, 0.4) is 0 Å². The highest BCUT2D eigenvalue weighted by Gasteiger charge is 2.31. The zero-order valence-electron chi connectivity index (χ0n) is 14.3. The Morgan fingerprint density at radius 1 is 1.15 bits per heavy atom. The van der Waals surface area contributed by atoms with Crippen LogP contribution < -0.4 is 0 Å². The average Bonchev–Trinajstić information content (AvgIpc) is 3.15. The predicted molar refractivity (Wildman–Crippen MR) is 94.9 cm³/mol. The van der Waals surface area contributed by atoms with Gasteiger partial charge in [0.05, 0.1) is 9.82 Å². The van der Waals surface area contributed by atoms with Crippen LogP contribution in [-0.4, -0.2) is 54.6 Å². The molecule has 2 aliphatic rings. The number of nitro groups is 1. The van der Waals surface area contributed by atoms with Crippen molar-refractivity contribution in [1.29, 1.82) is 0 Å². The summed E-state index contributed by atoms with van der Waals surface area (Å²) in [7, 11) is -3.71. The Hall–Kier alpha value is -2.26. The van der Waals surface area contributed by atoms with Crippen LogP contribution in [-0.2, 0) is 14.8 Å². The fraction of sp³-hybridized carbons (Fsp3) is 0.471. The number of rotatable bonds is 5. The van der Waals surface area contributed by atoms with Crippen LogP contribution in [0.1, 0.15) is 19.3 Å². The molecule has 1 heterocycles. The minimum Gasteiger partial charge on any atom is -0.340 e. The second-order valence-corrected chi connectivity index (χ2v) is 8.44. The number of carbonyl (C=O) groups excluding carboxylic acids is 1. The van der Waals surface area contributed by atoms with E-state index in [4.69, 9.17) is 0 Å². The van der Waals surface area contributed by atoms with Gasteiger partial charge in [-0.15, -0.1) is 0 Å².